The van der Waals surface area contributed by atoms with Gasteiger partial charge in [0, 0.05) is 17.4 Å². The number of aryl methyl sites for hydroxylation is 1. The van der Waals surface area contributed by atoms with Crippen LogP contribution >= 0.6 is 23.4 Å². The maximum Gasteiger partial charge on any atom is 0.251 e. The second kappa shape index (κ2) is 8.21. The molecule has 0 saturated carbocycles. The first-order chi connectivity index (χ1) is 11.4. The summed E-state index contributed by atoms with van der Waals surface area (Å²) in [6, 6.07) is 6.46. The van der Waals surface area contributed by atoms with Crippen LogP contribution in [0.25, 0.3) is 0 Å². The molecule has 0 aliphatic carbocycles. The number of benzene rings is 1. The number of methoxy groups -OCH3 is 1. The van der Waals surface area contributed by atoms with Gasteiger partial charge in [0.2, 0.25) is 5.91 Å². The van der Waals surface area contributed by atoms with Crippen molar-refractivity contribution in [2.75, 3.05) is 12.4 Å². The average molecular weight is 368 g/mol. The standard InChI is InChI=1S/C16H18ClN3O3S/c1-4-10-8-14(21)20-16(19-10)24-9(2)15(22)18-11-5-6-13(23-3)12(17)7-11/h5-9H,4H2,1-3H3,(H,18,22)(H,19,20,21). The Morgan fingerprint density at radius 1 is 1.46 bits per heavy atom. The highest BCUT2D eigenvalue weighted by Crippen LogP contribution is 2.28. The molecule has 0 fully saturated rings. The lowest BCUT2D eigenvalue weighted by Gasteiger charge is -2.12. The number of rotatable bonds is 6. The SMILES string of the molecule is CCc1cc(=O)[nH]c(SC(C)C(=O)Nc2ccc(OC)c(Cl)c2)n1. The van der Waals surface area contributed by atoms with Crippen LogP contribution in [0.2, 0.25) is 5.02 Å². The van der Waals surface area contributed by atoms with Crippen LogP contribution < -0.4 is 15.6 Å². The second-order valence-corrected chi connectivity index (χ2v) is 6.73. The van der Waals surface area contributed by atoms with E-state index < -0.39 is 5.25 Å². The largest absolute Gasteiger partial charge is 0.495 e. The third-order valence-electron chi connectivity index (χ3n) is 3.21. The van der Waals surface area contributed by atoms with Crippen molar-refractivity contribution in [2.24, 2.45) is 0 Å². The number of nitrogens with one attached hydrogen (secondary N) is 2. The zero-order valence-corrected chi connectivity index (χ0v) is 15.1. The van der Waals surface area contributed by atoms with E-state index in [0.29, 0.717) is 33.7 Å². The summed E-state index contributed by atoms with van der Waals surface area (Å²) >= 11 is 7.23. The molecule has 0 aliphatic rings. The molecule has 1 atom stereocenters. The van der Waals surface area contributed by atoms with Crippen molar-refractivity contribution in [2.45, 2.75) is 30.7 Å². The van der Waals surface area contributed by atoms with Gasteiger partial charge in [0.05, 0.1) is 17.4 Å². The van der Waals surface area contributed by atoms with Crippen LogP contribution in [-0.2, 0) is 11.2 Å². The van der Waals surface area contributed by atoms with Crippen LogP contribution in [0.5, 0.6) is 5.75 Å². The molecule has 24 heavy (non-hydrogen) atoms. The summed E-state index contributed by atoms with van der Waals surface area (Å²) < 4.78 is 5.07. The van der Waals surface area contributed by atoms with Crippen LogP contribution in [0.3, 0.4) is 0 Å². The van der Waals surface area contributed by atoms with Gasteiger partial charge in [0.15, 0.2) is 5.16 Å². The minimum Gasteiger partial charge on any atom is -0.495 e. The molecule has 0 saturated heterocycles. The monoisotopic (exact) mass is 367 g/mol. The molecule has 1 heterocycles. The van der Waals surface area contributed by atoms with Gasteiger partial charge in [-0.15, -0.1) is 0 Å². The van der Waals surface area contributed by atoms with Gasteiger partial charge in [0.1, 0.15) is 5.75 Å². The third kappa shape index (κ3) is 4.75. The number of halogens is 1. The molecule has 0 radical (unpaired) electrons. The fourth-order valence-electron chi connectivity index (χ4n) is 1.93. The lowest BCUT2D eigenvalue weighted by molar-refractivity contribution is -0.115. The number of aromatic amines is 1. The molecule has 0 aliphatic heterocycles. The van der Waals surface area contributed by atoms with Gasteiger partial charge in [-0.2, -0.15) is 0 Å². The van der Waals surface area contributed by atoms with Crippen LogP contribution in [0.1, 0.15) is 19.5 Å². The lowest BCUT2D eigenvalue weighted by atomic mass is 10.3. The van der Waals surface area contributed by atoms with E-state index in [2.05, 4.69) is 15.3 Å². The minimum absolute atomic E-state index is 0.217. The zero-order valence-electron chi connectivity index (χ0n) is 13.6. The minimum atomic E-state index is -0.443. The first-order valence-corrected chi connectivity index (χ1v) is 8.60. The molecule has 2 rings (SSSR count). The Hall–Kier alpha value is -1.99. The zero-order chi connectivity index (χ0) is 17.7. The summed E-state index contributed by atoms with van der Waals surface area (Å²) in [5.74, 6) is 0.320. The predicted octanol–water partition coefficient (Wildman–Crippen LogP) is 3.11. The van der Waals surface area contributed by atoms with Gasteiger partial charge >= 0.3 is 0 Å². The van der Waals surface area contributed by atoms with Crippen molar-refractivity contribution in [1.29, 1.82) is 0 Å². The lowest BCUT2D eigenvalue weighted by Crippen LogP contribution is -2.23. The number of hydrogen-bond donors (Lipinski definition) is 2. The topological polar surface area (TPSA) is 84.1 Å². The van der Waals surface area contributed by atoms with Gasteiger partial charge in [-0.25, -0.2) is 4.98 Å². The molecule has 6 nitrogen and oxygen atoms in total. The molecule has 1 aromatic carbocycles. The number of nitrogens with zero attached hydrogens (tertiary/aromatic N) is 1. The first kappa shape index (κ1) is 18.4. The van der Waals surface area contributed by atoms with Gasteiger partial charge in [0.25, 0.3) is 5.56 Å². The van der Waals surface area contributed by atoms with Crippen LogP contribution in [0, 0.1) is 0 Å². The van der Waals surface area contributed by atoms with E-state index in [1.54, 1.807) is 25.1 Å². The summed E-state index contributed by atoms with van der Waals surface area (Å²) in [5, 5.41) is 3.17. The number of thioether (sulfide) groups is 1. The fourth-order valence-corrected chi connectivity index (χ4v) is 3.02. The van der Waals surface area contributed by atoms with Crippen molar-refractivity contribution in [3.8, 4) is 5.75 Å². The molecule has 1 aromatic heterocycles. The van der Waals surface area contributed by atoms with Gasteiger partial charge in [-0.05, 0) is 31.5 Å². The van der Waals surface area contributed by atoms with Crippen molar-refractivity contribution in [3.05, 3.63) is 45.3 Å². The predicted molar refractivity (Wildman–Crippen MR) is 96.2 cm³/mol. The summed E-state index contributed by atoms with van der Waals surface area (Å²) in [6.07, 6.45) is 0.655. The number of aromatic nitrogens is 2. The number of amides is 1. The quantitative estimate of drug-likeness (QED) is 0.605. The van der Waals surface area contributed by atoms with E-state index in [1.165, 1.54) is 24.9 Å². The summed E-state index contributed by atoms with van der Waals surface area (Å²) in [7, 11) is 1.52. The third-order valence-corrected chi connectivity index (χ3v) is 4.49. The molecule has 2 N–H and O–H groups in total. The van der Waals surface area contributed by atoms with E-state index in [0.717, 1.165) is 0 Å². The number of H-pyrrole nitrogens is 1. The van der Waals surface area contributed by atoms with Crippen molar-refractivity contribution >= 4 is 35.0 Å². The van der Waals surface area contributed by atoms with Crippen molar-refractivity contribution < 1.29 is 9.53 Å². The molecule has 0 bridgehead atoms. The van der Waals surface area contributed by atoms with Gasteiger partial charge in [-0.1, -0.05) is 30.3 Å². The Kier molecular flexibility index (Phi) is 6.28. The summed E-state index contributed by atoms with van der Waals surface area (Å²) in [4.78, 5) is 30.8. The van der Waals surface area contributed by atoms with Gasteiger partial charge < -0.3 is 15.0 Å². The fraction of sp³-hybridized carbons (Fsp3) is 0.312. The number of carbonyl (C=O) groups excluding carboxylic acids is 1. The van der Waals surface area contributed by atoms with Crippen LogP contribution in [0.4, 0.5) is 5.69 Å². The van der Waals surface area contributed by atoms with Crippen LogP contribution in [0.15, 0.2) is 34.2 Å². The molecular formula is C16H18ClN3O3S. The average Bonchev–Trinajstić information content (AvgIpc) is 2.54. The molecule has 8 heteroatoms. The Morgan fingerprint density at radius 3 is 2.83 bits per heavy atom. The molecule has 2 aromatic rings. The van der Waals surface area contributed by atoms with E-state index >= 15 is 0 Å². The van der Waals surface area contributed by atoms with Gasteiger partial charge in [-0.3, -0.25) is 9.59 Å². The molecule has 0 spiro atoms. The molecule has 128 valence electrons. The number of carbonyl (C=O) groups is 1. The Balaban J connectivity index is 2.06. The Labute approximate surface area is 149 Å². The number of hydrogen-bond acceptors (Lipinski definition) is 5. The highest BCUT2D eigenvalue weighted by atomic mass is 35.5. The maximum atomic E-state index is 12.3. The molecular weight excluding hydrogens is 350 g/mol. The van der Waals surface area contributed by atoms with Crippen LogP contribution in [-0.4, -0.2) is 28.2 Å². The van der Waals surface area contributed by atoms with E-state index in [9.17, 15) is 9.59 Å². The number of ether oxygens (including phenoxy) is 1. The van der Waals surface area contributed by atoms with Crippen molar-refractivity contribution in [3.63, 3.8) is 0 Å². The van der Waals surface area contributed by atoms with Crippen molar-refractivity contribution in [1.82, 2.24) is 9.97 Å². The number of anilines is 1. The molecule has 1 amide bonds. The van der Waals surface area contributed by atoms with E-state index in [1.807, 2.05) is 6.92 Å². The Morgan fingerprint density at radius 2 is 2.21 bits per heavy atom. The normalized spacial score (nSPS) is 11.8. The van der Waals surface area contributed by atoms with E-state index in [4.69, 9.17) is 16.3 Å². The highest BCUT2D eigenvalue weighted by molar-refractivity contribution is 8.00. The summed E-state index contributed by atoms with van der Waals surface area (Å²) in [6.45, 7) is 3.66. The molecule has 1 unspecified atom stereocenters. The second-order valence-electron chi connectivity index (χ2n) is 4.99. The Bertz CT molecular complexity index is 794. The van der Waals surface area contributed by atoms with E-state index in [-0.39, 0.29) is 11.5 Å². The highest BCUT2D eigenvalue weighted by Gasteiger charge is 2.17. The summed E-state index contributed by atoms with van der Waals surface area (Å²) in [5.41, 5.74) is 1.04. The first-order valence-electron chi connectivity index (χ1n) is 7.34. The smallest absolute Gasteiger partial charge is 0.251 e. The maximum absolute atomic E-state index is 12.3.